The minimum absolute atomic E-state index is 0.0152. The lowest BCUT2D eigenvalue weighted by Gasteiger charge is -2.05. The number of amides is 1. The number of azo groups is 1. The fourth-order valence-electron chi connectivity index (χ4n) is 1.76. The van der Waals surface area contributed by atoms with Crippen LogP contribution in [0.25, 0.3) is 0 Å². The molecule has 2 rings (SSSR count). The van der Waals surface area contributed by atoms with Crippen molar-refractivity contribution in [1.29, 1.82) is 0 Å². The van der Waals surface area contributed by atoms with E-state index in [0.29, 0.717) is 5.69 Å². The standard InChI is InChI=1S/C15H11Cl2N3O3/c1-18-15(23)11-6-10(7-12(16)13(11)21)20-19-9-4-2-3-8(5-9)14(17)22/h2-7,21H,1H3,(H,18,23)/b20-19+. The van der Waals surface area contributed by atoms with E-state index in [1.807, 2.05) is 0 Å². The predicted molar refractivity (Wildman–Crippen MR) is 87.3 cm³/mol. The molecule has 0 aliphatic carbocycles. The second kappa shape index (κ2) is 7.21. The molecule has 0 aliphatic heterocycles. The van der Waals surface area contributed by atoms with Crippen molar-refractivity contribution in [2.75, 3.05) is 7.05 Å². The summed E-state index contributed by atoms with van der Waals surface area (Å²) in [4.78, 5) is 22.8. The molecule has 0 saturated heterocycles. The molecule has 0 fully saturated rings. The Bertz CT molecular complexity index is 807. The van der Waals surface area contributed by atoms with Crippen LogP contribution in [0.15, 0.2) is 46.6 Å². The number of carbonyl (C=O) groups excluding carboxylic acids is 2. The molecular weight excluding hydrogens is 341 g/mol. The van der Waals surface area contributed by atoms with Gasteiger partial charge in [-0.05, 0) is 41.9 Å². The van der Waals surface area contributed by atoms with Crippen molar-refractivity contribution in [3.63, 3.8) is 0 Å². The monoisotopic (exact) mass is 351 g/mol. The molecule has 2 N–H and O–H groups in total. The van der Waals surface area contributed by atoms with Crippen LogP contribution < -0.4 is 5.32 Å². The van der Waals surface area contributed by atoms with E-state index in [1.165, 1.54) is 25.2 Å². The fraction of sp³-hybridized carbons (Fsp3) is 0.0667. The summed E-state index contributed by atoms with van der Waals surface area (Å²) in [5.41, 5.74) is 0.952. The molecule has 8 heteroatoms. The third-order valence-corrected chi connectivity index (χ3v) is 3.38. The van der Waals surface area contributed by atoms with E-state index < -0.39 is 11.1 Å². The first kappa shape index (κ1) is 16.9. The molecule has 2 aromatic carbocycles. The zero-order valence-electron chi connectivity index (χ0n) is 11.9. The van der Waals surface area contributed by atoms with Crippen molar-refractivity contribution >= 4 is 45.7 Å². The Labute approximate surface area is 141 Å². The quantitative estimate of drug-likeness (QED) is 0.638. The number of rotatable bonds is 4. The molecule has 1 amide bonds. The number of phenols is 1. The van der Waals surface area contributed by atoms with Gasteiger partial charge in [-0.2, -0.15) is 10.2 Å². The van der Waals surface area contributed by atoms with E-state index in [2.05, 4.69) is 15.5 Å². The van der Waals surface area contributed by atoms with Crippen LogP contribution in [0.1, 0.15) is 20.7 Å². The average molecular weight is 352 g/mol. The Morgan fingerprint density at radius 3 is 2.48 bits per heavy atom. The van der Waals surface area contributed by atoms with Gasteiger partial charge in [0.25, 0.3) is 11.1 Å². The topological polar surface area (TPSA) is 91.1 Å². The van der Waals surface area contributed by atoms with Gasteiger partial charge in [-0.15, -0.1) is 0 Å². The van der Waals surface area contributed by atoms with Crippen LogP contribution in [0, 0.1) is 0 Å². The van der Waals surface area contributed by atoms with Gasteiger partial charge >= 0.3 is 0 Å². The number of halogens is 2. The number of hydrogen-bond donors (Lipinski definition) is 2. The average Bonchev–Trinajstić information content (AvgIpc) is 2.55. The van der Waals surface area contributed by atoms with Crippen LogP contribution in [0.2, 0.25) is 5.02 Å². The largest absolute Gasteiger partial charge is 0.506 e. The first-order valence-electron chi connectivity index (χ1n) is 6.38. The molecule has 0 heterocycles. The summed E-state index contributed by atoms with van der Waals surface area (Å²) in [7, 11) is 1.43. The van der Waals surface area contributed by atoms with E-state index >= 15 is 0 Å². The molecular formula is C15H11Cl2N3O3. The van der Waals surface area contributed by atoms with Crippen LogP contribution in [0.4, 0.5) is 11.4 Å². The summed E-state index contributed by atoms with van der Waals surface area (Å²) in [6, 6.07) is 8.98. The number of carbonyl (C=O) groups is 2. The molecule has 0 bridgehead atoms. The lowest BCUT2D eigenvalue weighted by molar-refractivity contribution is 0.0960. The van der Waals surface area contributed by atoms with Gasteiger partial charge in [0, 0.05) is 12.6 Å². The number of hydrogen-bond acceptors (Lipinski definition) is 5. The second-order valence-corrected chi connectivity index (χ2v) is 5.18. The zero-order valence-corrected chi connectivity index (χ0v) is 13.4. The van der Waals surface area contributed by atoms with Crippen molar-refractivity contribution in [1.82, 2.24) is 5.32 Å². The van der Waals surface area contributed by atoms with Gasteiger partial charge in [0.2, 0.25) is 0 Å². The van der Waals surface area contributed by atoms with Crippen molar-refractivity contribution < 1.29 is 14.7 Å². The minimum atomic E-state index is -0.600. The maximum atomic E-state index is 11.7. The van der Waals surface area contributed by atoms with Crippen molar-refractivity contribution in [3.8, 4) is 5.75 Å². The molecule has 6 nitrogen and oxygen atoms in total. The normalized spacial score (nSPS) is 10.7. The summed E-state index contributed by atoms with van der Waals surface area (Å²) in [6.45, 7) is 0. The Kier molecular flexibility index (Phi) is 5.31. The second-order valence-electron chi connectivity index (χ2n) is 4.43. The molecule has 0 atom stereocenters. The number of nitrogens with one attached hydrogen (secondary N) is 1. The molecule has 0 spiro atoms. The van der Waals surface area contributed by atoms with Gasteiger partial charge in [-0.25, -0.2) is 0 Å². The highest BCUT2D eigenvalue weighted by Gasteiger charge is 2.14. The van der Waals surface area contributed by atoms with Gasteiger partial charge in [0.15, 0.2) is 0 Å². The number of benzene rings is 2. The summed E-state index contributed by atoms with van der Waals surface area (Å²) >= 11 is 11.3. The smallest absolute Gasteiger partial charge is 0.254 e. The van der Waals surface area contributed by atoms with E-state index in [1.54, 1.807) is 18.2 Å². The Hall–Kier alpha value is -2.44. The third kappa shape index (κ3) is 4.06. The summed E-state index contributed by atoms with van der Waals surface area (Å²) in [5, 5.41) is 19.5. The highest BCUT2D eigenvalue weighted by Crippen LogP contribution is 2.33. The fourth-order valence-corrected chi connectivity index (χ4v) is 2.09. The van der Waals surface area contributed by atoms with E-state index in [0.717, 1.165) is 0 Å². The highest BCUT2D eigenvalue weighted by molar-refractivity contribution is 6.67. The molecule has 118 valence electrons. The van der Waals surface area contributed by atoms with Crippen molar-refractivity contribution in [3.05, 3.63) is 52.5 Å². The van der Waals surface area contributed by atoms with Crippen molar-refractivity contribution in [2.45, 2.75) is 0 Å². The van der Waals surface area contributed by atoms with E-state index in [9.17, 15) is 14.7 Å². The first-order chi connectivity index (χ1) is 10.9. The summed E-state index contributed by atoms with van der Waals surface area (Å²) in [6.07, 6.45) is 0. The maximum absolute atomic E-state index is 11.7. The van der Waals surface area contributed by atoms with Crippen LogP contribution in [0.5, 0.6) is 5.75 Å². The maximum Gasteiger partial charge on any atom is 0.254 e. The van der Waals surface area contributed by atoms with E-state index in [4.69, 9.17) is 23.2 Å². The number of nitrogens with zero attached hydrogens (tertiary/aromatic N) is 2. The lowest BCUT2D eigenvalue weighted by atomic mass is 10.1. The summed E-state index contributed by atoms with van der Waals surface area (Å²) in [5.74, 6) is -0.837. The van der Waals surface area contributed by atoms with Gasteiger partial charge < -0.3 is 10.4 Å². The van der Waals surface area contributed by atoms with Gasteiger partial charge in [-0.3, -0.25) is 9.59 Å². The van der Waals surface area contributed by atoms with Gasteiger partial charge in [0.05, 0.1) is 22.0 Å². The predicted octanol–water partition coefficient (Wildman–Crippen LogP) is 4.20. The highest BCUT2D eigenvalue weighted by atomic mass is 35.5. The SMILES string of the molecule is CNC(=O)c1cc(/N=N/c2cccc(C(=O)Cl)c2)cc(Cl)c1O. The van der Waals surface area contributed by atoms with E-state index in [-0.39, 0.29) is 27.6 Å². The molecule has 0 aromatic heterocycles. The molecule has 0 saturated carbocycles. The molecule has 2 aromatic rings. The molecule has 0 aliphatic rings. The van der Waals surface area contributed by atoms with Crippen LogP contribution in [-0.2, 0) is 0 Å². The van der Waals surface area contributed by atoms with Crippen LogP contribution in [0.3, 0.4) is 0 Å². The number of aromatic hydroxyl groups is 1. The van der Waals surface area contributed by atoms with Crippen LogP contribution in [-0.4, -0.2) is 23.3 Å². The molecule has 0 unspecified atom stereocenters. The Morgan fingerprint density at radius 2 is 1.83 bits per heavy atom. The van der Waals surface area contributed by atoms with Crippen LogP contribution >= 0.6 is 23.2 Å². The minimum Gasteiger partial charge on any atom is -0.506 e. The Balaban J connectivity index is 2.36. The Morgan fingerprint density at radius 1 is 1.13 bits per heavy atom. The third-order valence-electron chi connectivity index (χ3n) is 2.87. The van der Waals surface area contributed by atoms with Gasteiger partial charge in [0.1, 0.15) is 5.75 Å². The van der Waals surface area contributed by atoms with Crippen molar-refractivity contribution in [2.24, 2.45) is 10.2 Å². The van der Waals surface area contributed by atoms with Gasteiger partial charge in [-0.1, -0.05) is 17.7 Å². The lowest BCUT2D eigenvalue weighted by Crippen LogP contribution is -2.17. The molecule has 0 radical (unpaired) electrons. The zero-order chi connectivity index (χ0) is 17.0. The molecule has 23 heavy (non-hydrogen) atoms. The first-order valence-corrected chi connectivity index (χ1v) is 7.14. The number of phenolic OH excluding ortho intramolecular Hbond substituents is 1. The summed E-state index contributed by atoms with van der Waals surface area (Å²) < 4.78 is 0.